The van der Waals surface area contributed by atoms with Crippen LogP contribution in [-0.2, 0) is 4.79 Å². The SMILES string of the molecule is CCCC(C(=O)O)c1ccsc1. The van der Waals surface area contributed by atoms with Crippen LogP contribution >= 0.6 is 11.3 Å². The second kappa shape index (κ2) is 4.26. The van der Waals surface area contributed by atoms with Gasteiger partial charge in [0.15, 0.2) is 0 Å². The summed E-state index contributed by atoms with van der Waals surface area (Å²) in [5, 5.41) is 12.7. The van der Waals surface area contributed by atoms with Crippen molar-refractivity contribution in [2.24, 2.45) is 0 Å². The fourth-order valence-electron chi connectivity index (χ4n) is 1.19. The average molecular weight is 184 g/mol. The van der Waals surface area contributed by atoms with Gasteiger partial charge in [-0.1, -0.05) is 13.3 Å². The molecule has 12 heavy (non-hydrogen) atoms. The smallest absolute Gasteiger partial charge is 0.311 e. The molecule has 0 saturated carbocycles. The van der Waals surface area contributed by atoms with Gasteiger partial charge in [-0.2, -0.15) is 11.3 Å². The molecule has 0 aromatic carbocycles. The molecule has 1 aromatic rings. The maximum Gasteiger partial charge on any atom is 0.311 e. The highest BCUT2D eigenvalue weighted by Crippen LogP contribution is 2.23. The van der Waals surface area contributed by atoms with E-state index in [0.29, 0.717) is 0 Å². The number of hydrogen-bond acceptors (Lipinski definition) is 2. The van der Waals surface area contributed by atoms with Crippen LogP contribution in [0, 0.1) is 0 Å². The molecule has 1 aromatic heterocycles. The van der Waals surface area contributed by atoms with Crippen LogP contribution in [-0.4, -0.2) is 11.1 Å². The predicted octanol–water partition coefficient (Wildman–Crippen LogP) is 2.72. The quantitative estimate of drug-likeness (QED) is 0.781. The molecule has 1 unspecified atom stereocenters. The molecule has 0 fully saturated rings. The minimum absolute atomic E-state index is 0.304. The van der Waals surface area contributed by atoms with E-state index in [9.17, 15) is 4.79 Å². The summed E-state index contributed by atoms with van der Waals surface area (Å²) in [4.78, 5) is 10.8. The lowest BCUT2D eigenvalue weighted by Crippen LogP contribution is -2.10. The van der Waals surface area contributed by atoms with E-state index in [-0.39, 0.29) is 5.92 Å². The van der Waals surface area contributed by atoms with Crippen LogP contribution in [0.25, 0.3) is 0 Å². The number of hydrogen-bond donors (Lipinski definition) is 1. The van der Waals surface area contributed by atoms with Gasteiger partial charge < -0.3 is 5.11 Å². The fraction of sp³-hybridized carbons (Fsp3) is 0.444. The van der Waals surface area contributed by atoms with E-state index < -0.39 is 5.97 Å². The van der Waals surface area contributed by atoms with E-state index in [1.54, 1.807) is 11.3 Å². The van der Waals surface area contributed by atoms with Gasteiger partial charge in [-0.15, -0.1) is 0 Å². The van der Waals surface area contributed by atoms with Crippen molar-refractivity contribution < 1.29 is 9.90 Å². The summed E-state index contributed by atoms with van der Waals surface area (Å²) in [6, 6.07) is 1.89. The first-order valence-electron chi connectivity index (χ1n) is 4.00. The Bertz CT molecular complexity index is 241. The van der Waals surface area contributed by atoms with Gasteiger partial charge in [0.05, 0.1) is 5.92 Å². The van der Waals surface area contributed by atoms with Crippen LogP contribution in [0.3, 0.4) is 0 Å². The molecule has 1 N–H and O–H groups in total. The fourth-order valence-corrected chi connectivity index (χ4v) is 1.91. The van der Waals surface area contributed by atoms with Crippen LogP contribution in [0.5, 0.6) is 0 Å². The molecule has 1 atom stereocenters. The lowest BCUT2D eigenvalue weighted by molar-refractivity contribution is -0.139. The van der Waals surface area contributed by atoms with Crippen LogP contribution in [0.15, 0.2) is 16.8 Å². The molecule has 0 aliphatic carbocycles. The normalized spacial score (nSPS) is 12.8. The summed E-state index contributed by atoms with van der Waals surface area (Å²) in [6.45, 7) is 2.00. The second-order valence-electron chi connectivity index (χ2n) is 2.74. The molecule has 0 radical (unpaired) electrons. The van der Waals surface area contributed by atoms with Gasteiger partial charge in [0.2, 0.25) is 0 Å². The highest BCUT2D eigenvalue weighted by molar-refractivity contribution is 7.08. The summed E-state index contributed by atoms with van der Waals surface area (Å²) < 4.78 is 0. The molecule has 1 rings (SSSR count). The number of thiophene rings is 1. The molecule has 0 bridgehead atoms. The van der Waals surface area contributed by atoms with E-state index in [0.717, 1.165) is 18.4 Å². The third kappa shape index (κ3) is 2.08. The Hall–Kier alpha value is -0.830. The van der Waals surface area contributed by atoms with E-state index in [4.69, 9.17) is 5.11 Å². The van der Waals surface area contributed by atoms with E-state index in [1.807, 2.05) is 23.8 Å². The van der Waals surface area contributed by atoms with Crippen molar-refractivity contribution in [1.29, 1.82) is 0 Å². The Labute approximate surface area is 75.9 Å². The molecule has 0 aliphatic heterocycles. The third-order valence-corrected chi connectivity index (χ3v) is 2.52. The van der Waals surface area contributed by atoms with Crippen molar-refractivity contribution in [3.8, 4) is 0 Å². The molecule has 0 saturated heterocycles. The zero-order valence-electron chi connectivity index (χ0n) is 6.99. The van der Waals surface area contributed by atoms with Gasteiger partial charge in [0.25, 0.3) is 0 Å². The van der Waals surface area contributed by atoms with Crippen molar-refractivity contribution >= 4 is 17.3 Å². The van der Waals surface area contributed by atoms with Gasteiger partial charge >= 0.3 is 5.97 Å². The number of carbonyl (C=O) groups is 1. The predicted molar refractivity (Wildman–Crippen MR) is 49.6 cm³/mol. The lowest BCUT2D eigenvalue weighted by atomic mass is 9.98. The Morgan fingerprint density at radius 2 is 2.50 bits per heavy atom. The van der Waals surface area contributed by atoms with Gasteiger partial charge in [-0.25, -0.2) is 0 Å². The maximum atomic E-state index is 10.8. The third-order valence-electron chi connectivity index (χ3n) is 1.82. The first kappa shape index (κ1) is 9.26. The number of carboxylic acids is 1. The first-order chi connectivity index (χ1) is 5.75. The monoisotopic (exact) mass is 184 g/mol. The molecule has 3 heteroatoms. The van der Waals surface area contributed by atoms with Crippen molar-refractivity contribution in [3.63, 3.8) is 0 Å². The van der Waals surface area contributed by atoms with Crippen molar-refractivity contribution in [1.82, 2.24) is 0 Å². The van der Waals surface area contributed by atoms with Crippen molar-refractivity contribution in [2.45, 2.75) is 25.7 Å². The highest BCUT2D eigenvalue weighted by atomic mass is 32.1. The summed E-state index contributed by atoms with van der Waals surface area (Å²) in [7, 11) is 0. The molecule has 1 heterocycles. The maximum absolute atomic E-state index is 10.8. The second-order valence-corrected chi connectivity index (χ2v) is 3.52. The standard InChI is InChI=1S/C9H12O2S/c1-2-3-8(9(10)11)7-4-5-12-6-7/h4-6,8H,2-3H2,1H3,(H,10,11). The number of aliphatic carboxylic acids is 1. The molecule has 0 amide bonds. The minimum atomic E-state index is -0.713. The van der Waals surface area contributed by atoms with Gasteiger partial charge in [0.1, 0.15) is 0 Å². The van der Waals surface area contributed by atoms with E-state index in [1.165, 1.54) is 0 Å². The lowest BCUT2D eigenvalue weighted by Gasteiger charge is -2.07. The summed E-state index contributed by atoms with van der Waals surface area (Å²) in [5.74, 6) is -1.02. The van der Waals surface area contributed by atoms with Gasteiger partial charge in [0, 0.05) is 0 Å². The molecule has 2 nitrogen and oxygen atoms in total. The molecule has 0 aliphatic rings. The van der Waals surface area contributed by atoms with Gasteiger partial charge in [-0.3, -0.25) is 4.79 Å². The van der Waals surface area contributed by atoms with Gasteiger partial charge in [-0.05, 0) is 28.8 Å². The van der Waals surface area contributed by atoms with E-state index in [2.05, 4.69) is 0 Å². The molecule has 66 valence electrons. The molecular formula is C9H12O2S. The van der Waals surface area contributed by atoms with Crippen LogP contribution in [0.1, 0.15) is 31.2 Å². The average Bonchev–Trinajstić information content (AvgIpc) is 2.51. The Morgan fingerprint density at radius 1 is 1.75 bits per heavy atom. The molecule has 0 spiro atoms. The Morgan fingerprint density at radius 3 is 2.92 bits per heavy atom. The first-order valence-corrected chi connectivity index (χ1v) is 4.95. The zero-order chi connectivity index (χ0) is 8.97. The Balaban J connectivity index is 2.73. The summed E-state index contributed by atoms with van der Waals surface area (Å²) in [5.41, 5.74) is 0.939. The highest BCUT2D eigenvalue weighted by Gasteiger charge is 2.18. The largest absolute Gasteiger partial charge is 0.481 e. The number of rotatable bonds is 4. The Kier molecular flexibility index (Phi) is 3.29. The zero-order valence-corrected chi connectivity index (χ0v) is 7.80. The molecular weight excluding hydrogens is 172 g/mol. The topological polar surface area (TPSA) is 37.3 Å². The number of carboxylic acid groups (broad SMARTS) is 1. The van der Waals surface area contributed by atoms with Crippen LogP contribution in [0.4, 0.5) is 0 Å². The summed E-state index contributed by atoms with van der Waals surface area (Å²) in [6.07, 6.45) is 1.64. The van der Waals surface area contributed by atoms with Crippen molar-refractivity contribution in [2.75, 3.05) is 0 Å². The van der Waals surface area contributed by atoms with Crippen LogP contribution < -0.4 is 0 Å². The summed E-state index contributed by atoms with van der Waals surface area (Å²) >= 11 is 1.55. The van der Waals surface area contributed by atoms with Crippen molar-refractivity contribution in [3.05, 3.63) is 22.4 Å². The van der Waals surface area contributed by atoms with Crippen LogP contribution in [0.2, 0.25) is 0 Å². The minimum Gasteiger partial charge on any atom is -0.481 e. The van der Waals surface area contributed by atoms with E-state index >= 15 is 0 Å².